The predicted molar refractivity (Wildman–Crippen MR) is 62.8 cm³/mol. The number of nitrogens with zero attached hydrogens (tertiary/aromatic N) is 1. The van der Waals surface area contributed by atoms with Crippen LogP contribution in [0.3, 0.4) is 0 Å². The fourth-order valence-corrected chi connectivity index (χ4v) is 1.35. The van der Waals surface area contributed by atoms with Gasteiger partial charge in [-0.1, -0.05) is 6.07 Å². The standard InChI is InChI=1S/C13H13NO4/c1-3-18-11-5-4-9(7-12(11)17-2)6-10(8-14)13(15)16/h4-7H,3H2,1-2H3,(H,15,16)/p-1/b10-6+. The van der Waals surface area contributed by atoms with Crippen molar-refractivity contribution in [3.05, 3.63) is 29.3 Å². The van der Waals surface area contributed by atoms with Crippen LogP contribution in [0.5, 0.6) is 11.5 Å². The molecule has 0 radical (unpaired) electrons. The highest BCUT2D eigenvalue weighted by Crippen LogP contribution is 2.28. The number of nitriles is 1. The number of carbonyl (C=O) groups is 1. The molecular weight excluding hydrogens is 234 g/mol. The molecule has 0 saturated heterocycles. The lowest BCUT2D eigenvalue weighted by atomic mass is 10.1. The van der Waals surface area contributed by atoms with Crippen molar-refractivity contribution in [3.63, 3.8) is 0 Å². The molecule has 5 heteroatoms. The van der Waals surface area contributed by atoms with E-state index < -0.39 is 11.5 Å². The van der Waals surface area contributed by atoms with Crippen LogP contribution < -0.4 is 14.6 Å². The first-order valence-corrected chi connectivity index (χ1v) is 5.26. The van der Waals surface area contributed by atoms with Crippen LogP contribution >= 0.6 is 0 Å². The van der Waals surface area contributed by atoms with E-state index >= 15 is 0 Å². The quantitative estimate of drug-likeness (QED) is 0.565. The van der Waals surface area contributed by atoms with E-state index in [9.17, 15) is 9.90 Å². The molecule has 0 aromatic heterocycles. The Balaban J connectivity index is 3.13. The summed E-state index contributed by atoms with van der Waals surface area (Å²) >= 11 is 0. The summed E-state index contributed by atoms with van der Waals surface area (Å²) in [6.07, 6.45) is 1.22. The number of hydrogen-bond acceptors (Lipinski definition) is 5. The number of benzene rings is 1. The van der Waals surface area contributed by atoms with Crippen LogP contribution in [0.15, 0.2) is 23.8 Å². The van der Waals surface area contributed by atoms with E-state index in [2.05, 4.69) is 0 Å². The van der Waals surface area contributed by atoms with Gasteiger partial charge in [0.05, 0.1) is 25.3 Å². The van der Waals surface area contributed by atoms with Crippen molar-refractivity contribution in [2.45, 2.75) is 6.92 Å². The molecule has 94 valence electrons. The summed E-state index contributed by atoms with van der Waals surface area (Å²) in [5.41, 5.74) is 0.0808. The molecule has 0 aliphatic heterocycles. The minimum absolute atomic E-state index is 0.443. The lowest BCUT2D eigenvalue weighted by molar-refractivity contribution is -0.298. The van der Waals surface area contributed by atoms with Crippen molar-refractivity contribution in [3.8, 4) is 17.6 Å². The maximum atomic E-state index is 10.6. The molecule has 0 N–H and O–H groups in total. The van der Waals surface area contributed by atoms with Gasteiger partial charge in [-0.25, -0.2) is 0 Å². The van der Waals surface area contributed by atoms with E-state index in [-0.39, 0.29) is 0 Å². The zero-order valence-electron chi connectivity index (χ0n) is 10.1. The predicted octanol–water partition coefficient (Wildman–Crippen LogP) is 0.751. The van der Waals surface area contributed by atoms with Crippen LogP contribution in [0.1, 0.15) is 12.5 Å². The van der Waals surface area contributed by atoms with Crippen LogP contribution in [-0.4, -0.2) is 19.7 Å². The van der Waals surface area contributed by atoms with Gasteiger partial charge < -0.3 is 19.4 Å². The van der Waals surface area contributed by atoms with Crippen LogP contribution in [0, 0.1) is 11.3 Å². The van der Waals surface area contributed by atoms with E-state index in [1.807, 2.05) is 6.92 Å². The van der Waals surface area contributed by atoms with E-state index in [4.69, 9.17) is 14.7 Å². The van der Waals surface area contributed by atoms with Crippen LogP contribution in [0.25, 0.3) is 6.08 Å². The molecule has 0 aliphatic carbocycles. The smallest absolute Gasteiger partial charge is 0.161 e. The average Bonchev–Trinajstić information content (AvgIpc) is 2.37. The number of carbonyl (C=O) groups excluding carboxylic acids is 1. The Kier molecular flexibility index (Phi) is 4.76. The Hall–Kier alpha value is -2.48. The first kappa shape index (κ1) is 13.6. The second-order valence-electron chi connectivity index (χ2n) is 3.30. The van der Waals surface area contributed by atoms with Gasteiger partial charge in [0.15, 0.2) is 11.5 Å². The molecular formula is C13H12NO4-. The molecule has 0 unspecified atom stereocenters. The second kappa shape index (κ2) is 6.30. The lowest BCUT2D eigenvalue weighted by Gasteiger charge is -2.09. The highest BCUT2D eigenvalue weighted by atomic mass is 16.5. The molecule has 5 nitrogen and oxygen atoms in total. The lowest BCUT2D eigenvalue weighted by Crippen LogP contribution is -2.23. The molecule has 1 aromatic carbocycles. The Bertz CT molecular complexity index is 514. The van der Waals surface area contributed by atoms with E-state index in [0.717, 1.165) is 0 Å². The van der Waals surface area contributed by atoms with Crippen LogP contribution in [0.4, 0.5) is 0 Å². The molecule has 0 atom stereocenters. The zero-order chi connectivity index (χ0) is 13.5. The van der Waals surface area contributed by atoms with E-state index in [1.54, 1.807) is 24.3 Å². The van der Waals surface area contributed by atoms with Crippen molar-refractivity contribution in [1.82, 2.24) is 0 Å². The van der Waals surface area contributed by atoms with E-state index in [0.29, 0.717) is 23.7 Å². The molecule has 1 aromatic rings. The largest absolute Gasteiger partial charge is 0.544 e. The molecule has 0 heterocycles. The van der Waals surface area contributed by atoms with Crippen molar-refractivity contribution < 1.29 is 19.4 Å². The van der Waals surface area contributed by atoms with E-state index in [1.165, 1.54) is 13.2 Å². The van der Waals surface area contributed by atoms with Gasteiger partial charge in [-0.15, -0.1) is 0 Å². The minimum Gasteiger partial charge on any atom is -0.544 e. The number of carboxylic acid groups (broad SMARTS) is 1. The zero-order valence-corrected chi connectivity index (χ0v) is 10.1. The summed E-state index contributed by atoms with van der Waals surface area (Å²) < 4.78 is 10.4. The summed E-state index contributed by atoms with van der Waals surface area (Å²) in [4.78, 5) is 10.6. The number of methoxy groups -OCH3 is 1. The highest BCUT2D eigenvalue weighted by molar-refractivity contribution is 5.95. The van der Waals surface area contributed by atoms with Crippen molar-refractivity contribution >= 4 is 12.0 Å². The molecule has 0 bridgehead atoms. The van der Waals surface area contributed by atoms with Gasteiger partial charge in [0, 0.05) is 0 Å². The Morgan fingerprint density at radius 3 is 2.72 bits per heavy atom. The third-order valence-corrected chi connectivity index (χ3v) is 2.14. The fraction of sp³-hybridized carbons (Fsp3) is 0.231. The molecule has 0 aliphatic rings. The summed E-state index contributed by atoms with van der Waals surface area (Å²) in [7, 11) is 1.48. The minimum atomic E-state index is -1.51. The second-order valence-corrected chi connectivity index (χ2v) is 3.30. The average molecular weight is 246 g/mol. The first-order chi connectivity index (χ1) is 8.62. The molecule has 0 amide bonds. The summed E-state index contributed by atoms with van der Waals surface area (Å²) in [5, 5.41) is 19.2. The van der Waals surface area contributed by atoms with Gasteiger partial charge in [0.25, 0.3) is 0 Å². The maximum absolute atomic E-state index is 10.6. The number of ether oxygens (including phenoxy) is 2. The maximum Gasteiger partial charge on any atom is 0.161 e. The van der Waals surface area contributed by atoms with Gasteiger partial charge in [-0.3, -0.25) is 0 Å². The van der Waals surface area contributed by atoms with Crippen molar-refractivity contribution in [2.24, 2.45) is 0 Å². The molecule has 0 spiro atoms. The summed E-state index contributed by atoms with van der Waals surface area (Å²) in [6, 6.07) is 6.43. The first-order valence-electron chi connectivity index (χ1n) is 5.26. The number of hydrogen-bond donors (Lipinski definition) is 0. The van der Waals surface area contributed by atoms with Crippen molar-refractivity contribution in [1.29, 1.82) is 5.26 Å². The van der Waals surface area contributed by atoms with Crippen LogP contribution in [-0.2, 0) is 4.79 Å². The Morgan fingerprint density at radius 1 is 1.50 bits per heavy atom. The fourth-order valence-electron chi connectivity index (χ4n) is 1.35. The SMILES string of the molecule is CCOc1ccc(/C=C(\C#N)C(=O)[O-])cc1OC. The topological polar surface area (TPSA) is 82.4 Å². The summed E-state index contributed by atoms with van der Waals surface area (Å²) in [5.74, 6) is -0.476. The molecule has 0 fully saturated rings. The molecule has 18 heavy (non-hydrogen) atoms. The third-order valence-electron chi connectivity index (χ3n) is 2.14. The van der Waals surface area contributed by atoms with Gasteiger partial charge in [-0.2, -0.15) is 5.26 Å². The van der Waals surface area contributed by atoms with Gasteiger partial charge in [-0.05, 0) is 30.7 Å². The Labute approximate surface area is 105 Å². The highest BCUT2D eigenvalue weighted by Gasteiger charge is 2.05. The van der Waals surface area contributed by atoms with Gasteiger partial charge in [0.2, 0.25) is 0 Å². The number of rotatable bonds is 5. The van der Waals surface area contributed by atoms with Crippen LogP contribution in [0.2, 0.25) is 0 Å². The van der Waals surface area contributed by atoms with Crippen molar-refractivity contribution in [2.75, 3.05) is 13.7 Å². The number of aliphatic carboxylic acids is 1. The number of carboxylic acids is 1. The Morgan fingerprint density at radius 2 is 2.22 bits per heavy atom. The normalized spacial score (nSPS) is 10.6. The van der Waals surface area contributed by atoms with Gasteiger partial charge >= 0.3 is 0 Å². The monoisotopic (exact) mass is 246 g/mol. The molecule has 1 rings (SSSR count). The van der Waals surface area contributed by atoms with Gasteiger partial charge in [0.1, 0.15) is 6.07 Å². The summed E-state index contributed by atoms with van der Waals surface area (Å²) in [6.45, 7) is 2.34. The third kappa shape index (κ3) is 3.25. The molecule has 0 saturated carbocycles.